The number of rotatable bonds is 7. The van der Waals surface area contributed by atoms with Gasteiger partial charge in [0.05, 0.1) is 5.69 Å². The third-order valence-electron chi connectivity index (χ3n) is 5.64. The van der Waals surface area contributed by atoms with Gasteiger partial charge < -0.3 is 13.9 Å². The highest BCUT2D eigenvalue weighted by Gasteiger charge is 2.31. The minimum atomic E-state index is 0.102. The fourth-order valence-electron chi connectivity index (χ4n) is 3.84. The quantitative estimate of drug-likeness (QED) is 0.735. The molecule has 1 saturated carbocycles. The van der Waals surface area contributed by atoms with Crippen LogP contribution in [0.25, 0.3) is 0 Å². The van der Waals surface area contributed by atoms with Gasteiger partial charge in [0.25, 0.3) is 0 Å². The summed E-state index contributed by atoms with van der Waals surface area (Å²) < 4.78 is 10.6. The van der Waals surface area contributed by atoms with Crippen molar-refractivity contribution in [3.8, 4) is 0 Å². The number of carbonyl (C=O) groups excluding carboxylic acids is 1. The molecule has 1 aliphatic heterocycles. The van der Waals surface area contributed by atoms with Crippen molar-refractivity contribution in [2.75, 3.05) is 19.6 Å². The van der Waals surface area contributed by atoms with Crippen molar-refractivity contribution in [3.63, 3.8) is 0 Å². The van der Waals surface area contributed by atoms with E-state index >= 15 is 0 Å². The average molecular weight is 373 g/mol. The molecule has 3 heterocycles. The zero-order valence-electron chi connectivity index (χ0n) is 16.3. The number of hydrogen-bond donors (Lipinski definition) is 0. The molecule has 8 nitrogen and oxygen atoms in total. The first-order valence-electron chi connectivity index (χ1n) is 9.75. The molecule has 2 aromatic heterocycles. The summed E-state index contributed by atoms with van der Waals surface area (Å²) in [7, 11) is 0. The summed E-state index contributed by atoms with van der Waals surface area (Å²) in [6.45, 7) is 8.84. The highest BCUT2D eigenvalue weighted by Crippen LogP contribution is 2.38. The van der Waals surface area contributed by atoms with Gasteiger partial charge in [-0.05, 0) is 33.1 Å². The number of likely N-dealkylation sites (tertiary alicyclic amines) is 1. The minimum absolute atomic E-state index is 0.102. The summed E-state index contributed by atoms with van der Waals surface area (Å²) >= 11 is 0. The topological polar surface area (TPSA) is 88.5 Å². The van der Waals surface area contributed by atoms with Crippen LogP contribution in [0.4, 0.5) is 0 Å². The zero-order valence-corrected chi connectivity index (χ0v) is 16.3. The minimum Gasteiger partial charge on any atom is -0.361 e. The van der Waals surface area contributed by atoms with Crippen molar-refractivity contribution in [1.29, 1.82) is 0 Å². The number of aromatic nitrogens is 3. The second kappa shape index (κ2) is 7.42. The third kappa shape index (κ3) is 4.05. The molecule has 146 valence electrons. The van der Waals surface area contributed by atoms with Gasteiger partial charge >= 0.3 is 0 Å². The van der Waals surface area contributed by atoms with Crippen LogP contribution >= 0.6 is 0 Å². The Hall–Kier alpha value is -2.22. The summed E-state index contributed by atoms with van der Waals surface area (Å²) in [6.07, 6.45) is 3.90. The van der Waals surface area contributed by atoms with Crippen LogP contribution < -0.4 is 0 Å². The average Bonchev–Trinajstić information content (AvgIpc) is 3.06. The van der Waals surface area contributed by atoms with E-state index in [1.54, 1.807) is 6.92 Å². The number of nitrogens with zero attached hydrogens (tertiary/aromatic N) is 5. The van der Waals surface area contributed by atoms with Crippen molar-refractivity contribution in [3.05, 3.63) is 28.7 Å². The standard InChI is InChI=1S/C19H27N5O3/c1-12-17(13(2)26-21-12)11-23-8-6-16(10-23)24(14(3)25)9-7-18-20-19(27-22-18)15-4-5-15/h15-16H,4-11H2,1-3H3. The molecule has 1 saturated heterocycles. The van der Waals surface area contributed by atoms with E-state index in [0.717, 1.165) is 61.8 Å². The lowest BCUT2D eigenvalue weighted by atomic mass is 10.2. The molecule has 0 aromatic carbocycles. The normalized spacial score (nSPS) is 20.3. The molecule has 0 radical (unpaired) electrons. The van der Waals surface area contributed by atoms with E-state index in [2.05, 4.69) is 20.2 Å². The van der Waals surface area contributed by atoms with E-state index in [4.69, 9.17) is 9.05 Å². The Morgan fingerprint density at radius 3 is 2.70 bits per heavy atom. The molecule has 8 heteroatoms. The Morgan fingerprint density at radius 1 is 1.22 bits per heavy atom. The Bertz CT molecular complexity index is 791. The zero-order chi connectivity index (χ0) is 19.0. The molecule has 4 rings (SSSR count). The van der Waals surface area contributed by atoms with Crippen LogP contribution in [-0.4, -0.2) is 56.7 Å². The Kier molecular flexibility index (Phi) is 4.99. The van der Waals surface area contributed by atoms with Gasteiger partial charge in [0.15, 0.2) is 5.82 Å². The fourth-order valence-corrected chi connectivity index (χ4v) is 3.84. The van der Waals surface area contributed by atoms with Crippen LogP contribution in [0.15, 0.2) is 9.05 Å². The molecule has 0 spiro atoms. The lowest BCUT2D eigenvalue weighted by Crippen LogP contribution is -2.42. The Balaban J connectivity index is 1.34. The maximum atomic E-state index is 12.2. The van der Waals surface area contributed by atoms with Crippen LogP contribution in [0.2, 0.25) is 0 Å². The lowest BCUT2D eigenvalue weighted by molar-refractivity contribution is -0.130. The molecule has 1 unspecified atom stereocenters. The van der Waals surface area contributed by atoms with E-state index in [1.807, 2.05) is 18.7 Å². The Morgan fingerprint density at radius 2 is 2.04 bits per heavy atom. The summed E-state index contributed by atoms with van der Waals surface area (Å²) in [4.78, 5) is 21.0. The van der Waals surface area contributed by atoms with Crippen LogP contribution in [0.5, 0.6) is 0 Å². The number of aryl methyl sites for hydroxylation is 2. The first-order valence-corrected chi connectivity index (χ1v) is 9.75. The van der Waals surface area contributed by atoms with Gasteiger partial charge in [-0.15, -0.1) is 0 Å². The van der Waals surface area contributed by atoms with Crippen LogP contribution in [0, 0.1) is 13.8 Å². The summed E-state index contributed by atoms with van der Waals surface area (Å²) in [5, 5.41) is 8.10. The molecular weight excluding hydrogens is 346 g/mol. The molecule has 1 aliphatic carbocycles. The SMILES string of the molecule is CC(=O)N(CCc1noc(C2CC2)n1)C1CCN(Cc2c(C)noc2C)C1. The predicted molar refractivity (Wildman–Crippen MR) is 97.0 cm³/mol. The smallest absolute Gasteiger partial charge is 0.229 e. The summed E-state index contributed by atoms with van der Waals surface area (Å²) in [5.41, 5.74) is 2.10. The molecule has 27 heavy (non-hydrogen) atoms. The van der Waals surface area contributed by atoms with E-state index in [0.29, 0.717) is 24.7 Å². The molecule has 0 N–H and O–H groups in total. The number of amides is 1. The molecule has 0 bridgehead atoms. The monoisotopic (exact) mass is 373 g/mol. The van der Waals surface area contributed by atoms with Crippen molar-refractivity contribution in [2.24, 2.45) is 0 Å². The lowest BCUT2D eigenvalue weighted by Gasteiger charge is -2.27. The van der Waals surface area contributed by atoms with Crippen molar-refractivity contribution < 1.29 is 13.8 Å². The molecule has 2 aliphatic rings. The maximum Gasteiger partial charge on any atom is 0.229 e. The number of carbonyl (C=O) groups is 1. The van der Waals surface area contributed by atoms with Gasteiger partial charge in [0, 0.05) is 57.0 Å². The van der Waals surface area contributed by atoms with E-state index in [1.165, 1.54) is 0 Å². The second-order valence-electron chi connectivity index (χ2n) is 7.77. The molecule has 2 aromatic rings. The van der Waals surface area contributed by atoms with Gasteiger partial charge in [-0.25, -0.2) is 0 Å². The first-order chi connectivity index (χ1) is 13.0. The number of hydrogen-bond acceptors (Lipinski definition) is 7. The summed E-state index contributed by atoms with van der Waals surface area (Å²) in [5.74, 6) is 2.90. The molecule has 1 amide bonds. The molecular formula is C19H27N5O3. The van der Waals surface area contributed by atoms with Crippen LogP contribution in [-0.2, 0) is 17.8 Å². The highest BCUT2D eigenvalue weighted by molar-refractivity contribution is 5.73. The van der Waals surface area contributed by atoms with Gasteiger partial charge in [-0.1, -0.05) is 10.3 Å². The van der Waals surface area contributed by atoms with E-state index in [9.17, 15) is 4.79 Å². The van der Waals surface area contributed by atoms with E-state index < -0.39 is 0 Å². The second-order valence-corrected chi connectivity index (χ2v) is 7.77. The van der Waals surface area contributed by atoms with Gasteiger partial charge in [0.2, 0.25) is 11.8 Å². The highest BCUT2D eigenvalue weighted by atomic mass is 16.5. The largest absolute Gasteiger partial charge is 0.361 e. The van der Waals surface area contributed by atoms with Crippen molar-refractivity contribution in [1.82, 2.24) is 25.1 Å². The van der Waals surface area contributed by atoms with Gasteiger partial charge in [0.1, 0.15) is 5.76 Å². The molecule has 1 atom stereocenters. The predicted octanol–water partition coefficient (Wildman–Crippen LogP) is 2.22. The summed E-state index contributed by atoms with van der Waals surface area (Å²) in [6, 6.07) is 0.220. The first kappa shape index (κ1) is 18.2. The van der Waals surface area contributed by atoms with Crippen molar-refractivity contribution >= 4 is 5.91 Å². The van der Waals surface area contributed by atoms with Gasteiger partial charge in [-0.3, -0.25) is 9.69 Å². The van der Waals surface area contributed by atoms with Gasteiger partial charge in [-0.2, -0.15) is 4.98 Å². The van der Waals surface area contributed by atoms with Crippen molar-refractivity contribution in [2.45, 2.75) is 65.0 Å². The van der Waals surface area contributed by atoms with Crippen LogP contribution in [0.1, 0.15) is 60.8 Å². The maximum absolute atomic E-state index is 12.2. The molecule has 2 fully saturated rings. The Labute approximate surface area is 158 Å². The third-order valence-corrected chi connectivity index (χ3v) is 5.64. The van der Waals surface area contributed by atoms with Crippen LogP contribution in [0.3, 0.4) is 0 Å². The van der Waals surface area contributed by atoms with E-state index in [-0.39, 0.29) is 11.9 Å². The fraction of sp³-hybridized carbons (Fsp3) is 0.684.